The average Bonchev–Trinajstić information content (AvgIpc) is 3.36. The lowest BCUT2D eigenvalue weighted by Gasteiger charge is -2.47. The Morgan fingerprint density at radius 2 is 1.33 bits per heavy atom. The highest BCUT2D eigenvalue weighted by Gasteiger charge is 2.37. The zero-order valence-corrected chi connectivity index (χ0v) is 41.2. The van der Waals surface area contributed by atoms with Gasteiger partial charge < -0.3 is 35.5 Å². The van der Waals surface area contributed by atoms with Gasteiger partial charge >= 0.3 is 0 Å². The first-order valence-electron chi connectivity index (χ1n) is 24.0. The Hall–Kier alpha value is -6.54. The molecular formula is C52H55Cl2F2N11O5. The largest absolute Gasteiger partial charge is 0.494 e. The number of amides is 2. The molecule has 4 N–H and O–H groups in total. The van der Waals surface area contributed by atoms with Gasteiger partial charge in [-0.2, -0.15) is 0 Å². The fourth-order valence-electron chi connectivity index (χ4n) is 9.11. The molecule has 2 unspecified atom stereocenters. The van der Waals surface area contributed by atoms with Gasteiger partial charge in [0.05, 0.1) is 58.9 Å². The van der Waals surface area contributed by atoms with Gasteiger partial charge in [0.1, 0.15) is 47.4 Å². The molecule has 20 heteroatoms. The molecule has 3 saturated heterocycles. The molecule has 0 radical (unpaired) electrons. The van der Waals surface area contributed by atoms with Crippen LogP contribution in [0.4, 0.5) is 43.2 Å². The van der Waals surface area contributed by atoms with E-state index in [0.29, 0.717) is 94.0 Å². The molecule has 3 fully saturated rings. The third-order valence-corrected chi connectivity index (χ3v) is 13.5. The average molecular weight is 1020 g/mol. The third-order valence-electron chi connectivity index (χ3n) is 12.9. The predicted molar refractivity (Wildman–Crippen MR) is 277 cm³/mol. The first-order valence-corrected chi connectivity index (χ1v) is 24.8. The number of carbonyl (C=O) groups excluding carboxylic acids is 2. The third kappa shape index (κ3) is 12.7. The number of hydrogen-bond donors (Lipinski definition) is 4. The van der Waals surface area contributed by atoms with E-state index in [9.17, 15) is 18.4 Å². The van der Waals surface area contributed by atoms with Crippen molar-refractivity contribution < 1.29 is 32.6 Å². The lowest BCUT2D eigenvalue weighted by atomic mass is 9.95. The lowest BCUT2D eigenvalue weighted by molar-refractivity contribution is -0.112. The number of morpholine rings is 1. The summed E-state index contributed by atoms with van der Waals surface area (Å²) in [5, 5.41) is 13.5. The van der Waals surface area contributed by atoms with Crippen molar-refractivity contribution in [2.24, 2.45) is 0 Å². The smallest absolute Gasteiger partial charge is 0.248 e. The number of halogens is 4. The number of rotatable bonds is 19. The van der Waals surface area contributed by atoms with Crippen molar-refractivity contribution >= 4 is 91.2 Å². The maximum absolute atomic E-state index is 13.9. The van der Waals surface area contributed by atoms with Crippen LogP contribution in [0.15, 0.2) is 97.6 Å². The van der Waals surface area contributed by atoms with E-state index in [-0.39, 0.29) is 34.0 Å². The summed E-state index contributed by atoms with van der Waals surface area (Å²) in [7, 11) is 1.52. The first kappa shape index (κ1) is 50.4. The fraction of sp³-hybridized carbons (Fsp3) is 0.346. The summed E-state index contributed by atoms with van der Waals surface area (Å²) < 4.78 is 46.0. The van der Waals surface area contributed by atoms with Gasteiger partial charge in [-0.05, 0) is 87.3 Å². The van der Waals surface area contributed by atoms with E-state index in [0.717, 1.165) is 65.0 Å². The number of hydrogen-bond acceptors (Lipinski definition) is 14. The van der Waals surface area contributed by atoms with Crippen molar-refractivity contribution in [1.82, 2.24) is 34.6 Å². The van der Waals surface area contributed by atoms with Crippen LogP contribution in [0.5, 0.6) is 11.5 Å². The van der Waals surface area contributed by atoms with Gasteiger partial charge in [0.2, 0.25) is 11.8 Å². The van der Waals surface area contributed by atoms with Gasteiger partial charge in [0.15, 0.2) is 0 Å². The van der Waals surface area contributed by atoms with Crippen LogP contribution >= 0.6 is 23.2 Å². The Kier molecular flexibility index (Phi) is 16.7. The van der Waals surface area contributed by atoms with Crippen LogP contribution in [-0.2, 0) is 14.3 Å². The van der Waals surface area contributed by atoms with Crippen LogP contribution in [-0.4, -0.2) is 131 Å². The number of fused-ring (bicyclic) bond motifs is 2. The zero-order chi connectivity index (χ0) is 50.0. The van der Waals surface area contributed by atoms with Gasteiger partial charge in [-0.15, -0.1) is 0 Å². The Bertz CT molecular complexity index is 2980. The summed E-state index contributed by atoms with van der Waals surface area (Å²) in [6, 6.07) is 15.8. The van der Waals surface area contributed by atoms with Crippen molar-refractivity contribution in [1.29, 1.82) is 0 Å². The molecule has 16 nitrogen and oxygen atoms in total. The van der Waals surface area contributed by atoms with Crippen LogP contribution in [0.3, 0.4) is 0 Å². The normalized spacial score (nSPS) is 17.8. The summed E-state index contributed by atoms with van der Waals surface area (Å²) >= 11 is 12.1. The van der Waals surface area contributed by atoms with E-state index in [2.05, 4.69) is 55.9 Å². The molecule has 2 atom stereocenters. The molecule has 5 heterocycles. The van der Waals surface area contributed by atoms with Crippen molar-refractivity contribution in [3.8, 4) is 11.5 Å². The van der Waals surface area contributed by atoms with Crippen LogP contribution in [0.1, 0.15) is 32.1 Å². The Balaban J connectivity index is 0.787. The Labute approximate surface area is 425 Å². The Morgan fingerprint density at radius 3 is 1.92 bits per heavy atom. The van der Waals surface area contributed by atoms with Crippen molar-refractivity contribution in [3.63, 3.8) is 0 Å². The molecule has 2 aromatic heterocycles. The zero-order valence-electron chi connectivity index (χ0n) is 39.7. The van der Waals surface area contributed by atoms with Crippen LogP contribution in [0, 0.1) is 11.6 Å². The molecule has 0 bridgehead atoms. The second kappa shape index (κ2) is 23.8. The number of anilines is 6. The highest BCUT2D eigenvalue weighted by molar-refractivity contribution is 6.31. The number of nitrogens with zero attached hydrogens (tertiary/aromatic N) is 7. The molecule has 2 amide bonds. The van der Waals surface area contributed by atoms with E-state index in [1.54, 1.807) is 42.5 Å². The summed E-state index contributed by atoms with van der Waals surface area (Å²) in [5.74, 6) is 0.123. The van der Waals surface area contributed by atoms with Gasteiger partial charge in [0.25, 0.3) is 0 Å². The summed E-state index contributed by atoms with van der Waals surface area (Å²) in [6.07, 6.45) is 14.9. The number of piperidine rings is 1. The molecule has 376 valence electrons. The molecule has 6 aromatic rings. The molecule has 9 rings (SSSR count). The molecule has 0 saturated carbocycles. The minimum Gasteiger partial charge on any atom is -0.494 e. The lowest BCUT2D eigenvalue weighted by Crippen LogP contribution is -2.59. The molecular weight excluding hydrogens is 968 g/mol. The highest BCUT2D eigenvalue weighted by Crippen LogP contribution is 2.36. The molecule has 72 heavy (non-hydrogen) atoms. The fourth-order valence-corrected chi connectivity index (χ4v) is 9.47. The monoisotopic (exact) mass is 1020 g/mol. The molecule has 4 aromatic carbocycles. The van der Waals surface area contributed by atoms with E-state index in [1.807, 2.05) is 12.2 Å². The molecule has 0 spiro atoms. The summed E-state index contributed by atoms with van der Waals surface area (Å²) in [6.45, 7) is 7.53. The van der Waals surface area contributed by atoms with Gasteiger partial charge in [0, 0.05) is 91.7 Å². The van der Waals surface area contributed by atoms with Crippen LogP contribution < -0.4 is 30.7 Å². The van der Waals surface area contributed by atoms with Crippen LogP contribution in [0.2, 0.25) is 10.0 Å². The Morgan fingerprint density at radius 1 is 0.736 bits per heavy atom. The maximum Gasteiger partial charge on any atom is 0.248 e. The van der Waals surface area contributed by atoms with Gasteiger partial charge in [-0.3, -0.25) is 24.3 Å². The van der Waals surface area contributed by atoms with E-state index < -0.39 is 11.6 Å². The first-order chi connectivity index (χ1) is 35.1. The summed E-state index contributed by atoms with van der Waals surface area (Å²) in [4.78, 5) is 51.3. The highest BCUT2D eigenvalue weighted by atomic mass is 35.5. The molecule has 3 aliphatic rings. The van der Waals surface area contributed by atoms with E-state index >= 15 is 0 Å². The maximum atomic E-state index is 13.9. The topological polar surface area (TPSA) is 171 Å². The number of ether oxygens (including phenoxy) is 3. The van der Waals surface area contributed by atoms with E-state index in [4.69, 9.17) is 37.4 Å². The molecule has 0 aliphatic carbocycles. The quantitative estimate of drug-likeness (QED) is 0.0447. The minimum absolute atomic E-state index is 0.00663. The number of benzene rings is 4. The SMILES string of the molecule is COc1cc2ncnc(Nc3ccc(F)c(Cl)c3)c2cc1NC(=O)/C=C/CN1CCC1C1CN(CCCOc2cc3ncnc(Nc4ccc(F)c(Cl)c4)c3cc2NC(=O)/C=C/CN2CCCCC2)CCO1. The molecule has 3 aliphatic heterocycles. The van der Waals surface area contributed by atoms with Gasteiger partial charge in [-0.25, -0.2) is 28.7 Å². The van der Waals surface area contributed by atoms with Crippen molar-refractivity contribution in [2.45, 2.75) is 44.2 Å². The minimum atomic E-state index is -0.532. The second-order valence-electron chi connectivity index (χ2n) is 17.8. The van der Waals surface area contributed by atoms with Crippen LogP contribution in [0.25, 0.3) is 21.8 Å². The van der Waals surface area contributed by atoms with Crippen molar-refractivity contribution in [3.05, 3.63) is 119 Å². The second-order valence-corrected chi connectivity index (χ2v) is 18.6. The standard InChI is InChI=1S/C52H55Cl2F2N11O5/c1-70-46-28-41-35(51(59-31-57-41)61-33-10-12-39(55)37(53)24-33)26-43(46)63-50(69)9-6-19-67-20-14-45(67)48-30-66(21-23-72-48)18-7-22-71-47-29-42-36(52(60-32-58-42)62-34-11-13-40(56)38(54)25-34)27-44(47)64-49(68)8-5-17-65-15-3-2-4-16-65/h5-6,8-13,24-29,31-32,45,48H,2-4,7,14-23,30H2,1H3,(H,63,69)(H,64,68)(H,57,59,61)(H,58,60,62)/b8-5+,9-6+. The number of aromatic nitrogens is 4. The summed E-state index contributed by atoms with van der Waals surface area (Å²) in [5.41, 5.74) is 3.14. The predicted octanol–water partition coefficient (Wildman–Crippen LogP) is 9.37. The number of carbonyl (C=O) groups is 2. The number of nitrogens with one attached hydrogen (secondary N) is 4. The number of methoxy groups -OCH3 is 1. The number of likely N-dealkylation sites (tertiary alicyclic amines) is 2. The van der Waals surface area contributed by atoms with Crippen molar-refractivity contribution in [2.75, 3.05) is 93.9 Å². The van der Waals surface area contributed by atoms with Gasteiger partial charge in [-0.1, -0.05) is 41.8 Å². The van der Waals surface area contributed by atoms with E-state index in [1.165, 1.54) is 56.5 Å².